The van der Waals surface area contributed by atoms with Gasteiger partial charge in [-0.3, -0.25) is 0 Å². The van der Waals surface area contributed by atoms with E-state index in [0.717, 1.165) is 17.0 Å². The average molecular weight is 209 g/mol. The highest BCUT2D eigenvalue weighted by atomic mass is 16.5. The van der Waals surface area contributed by atoms with Crippen molar-refractivity contribution < 1.29 is 4.52 Å². The first-order valence-corrected chi connectivity index (χ1v) is 5.26. The van der Waals surface area contributed by atoms with E-state index in [1.807, 2.05) is 31.2 Å². The van der Waals surface area contributed by atoms with E-state index in [4.69, 9.17) is 4.52 Å². The standard InChI is InChI=1S/C14H11NO/c1-10-9-14(16-15-10)13-8-4-6-11-5-2-3-7-12(11)13/h2-9H,1H3. The average Bonchev–Trinajstić information content (AvgIpc) is 2.75. The van der Waals surface area contributed by atoms with Crippen LogP contribution in [0.4, 0.5) is 0 Å². The van der Waals surface area contributed by atoms with Crippen LogP contribution in [-0.4, -0.2) is 5.16 Å². The molecule has 0 aliphatic rings. The smallest absolute Gasteiger partial charge is 0.167 e. The highest BCUT2D eigenvalue weighted by molar-refractivity contribution is 5.95. The molecule has 0 aliphatic carbocycles. The van der Waals surface area contributed by atoms with Gasteiger partial charge in [-0.05, 0) is 17.7 Å². The summed E-state index contributed by atoms with van der Waals surface area (Å²) < 4.78 is 5.31. The monoisotopic (exact) mass is 209 g/mol. The van der Waals surface area contributed by atoms with Crippen LogP contribution in [0, 0.1) is 6.92 Å². The summed E-state index contributed by atoms with van der Waals surface area (Å²) in [5.41, 5.74) is 2.00. The maximum absolute atomic E-state index is 5.31. The Balaban J connectivity index is 2.31. The van der Waals surface area contributed by atoms with E-state index in [2.05, 4.69) is 29.4 Å². The summed E-state index contributed by atoms with van der Waals surface area (Å²) in [5, 5.41) is 6.34. The minimum atomic E-state index is 0.828. The van der Waals surface area contributed by atoms with Crippen LogP contribution in [0.3, 0.4) is 0 Å². The molecule has 0 N–H and O–H groups in total. The number of benzene rings is 2. The van der Waals surface area contributed by atoms with Gasteiger partial charge in [0.1, 0.15) is 0 Å². The van der Waals surface area contributed by atoms with Gasteiger partial charge >= 0.3 is 0 Å². The second-order valence-electron chi connectivity index (χ2n) is 3.86. The van der Waals surface area contributed by atoms with Crippen LogP contribution < -0.4 is 0 Å². The third kappa shape index (κ3) is 1.39. The number of rotatable bonds is 1. The summed E-state index contributed by atoms with van der Waals surface area (Å²) >= 11 is 0. The van der Waals surface area contributed by atoms with Gasteiger partial charge in [-0.25, -0.2) is 0 Å². The third-order valence-corrected chi connectivity index (χ3v) is 2.68. The van der Waals surface area contributed by atoms with Crippen LogP contribution >= 0.6 is 0 Å². The Labute approximate surface area is 93.5 Å². The van der Waals surface area contributed by atoms with Crippen molar-refractivity contribution >= 4 is 10.8 Å². The topological polar surface area (TPSA) is 26.0 Å². The van der Waals surface area contributed by atoms with Crippen molar-refractivity contribution in [1.29, 1.82) is 0 Å². The van der Waals surface area contributed by atoms with Crippen LogP contribution in [0.25, 0.3) is 22.1 Å². The van der Waals surface area contributed by atoms with Gasteiger partial charge in [0, 0.05) is 11.6 Å². The lowest BCUT2D eigenvalue weighted by Crippen LogP contribution is -1.78. The molecule has 3 aromatic rings. The van der Waals surface area contributed by atoms with E-state index in [9.17, 15) is 0 Å². The van der Waals surface area contributed by atoms with Crippen molar-refractivity contribution in [1.82, 2.24) is 5.16 Å². The number of hydrogen-bond acceptors (Lipinski definition) is 2. The number of aromatic nitrogens is 1. The lowest BCUT2D eigenvalue weighted by atomic mass is 10.0. The zero-order valence-electron chi connectivity index (χ0n) is 8.97. The lowest BCUT2D eigenvalue weighted by molar-refractivity contribution is 0.427. The summed E-state index contributed by atoms with van der Waals surface area (Å²) in [6, 6.07) is 16.4. The highest BCUT2D eigenvalue weighted by Crippen LogP contribution is 2.28. The Bertz CT molecular complexity index is 635. The molecule has 0 bridgehead atoms. The van der Waals surface area contributed by atoms with Crippen LogP contribution in [-0.2, 0) is 0 Å². The Kier molecular flexibility index (Phi) is 2.00. The zero-order chi connectivity index (χ0) is 11.0. The van der Waals surface area contributed by atoms with Crippen molar-refractivity contribution in [3.8, 4) is 11.3 Å². The molecule has 0 saturated heterocycles. The molecular weight excluding hydrogens is 198 g/mol. The van der Waals surface area contributed by atoms with E-state index >= 15 is 0 Å². The Morgan fingerprint density at radius 1 is 1.00 bits per heavy atom. The van der Waals surface area contributed by atoms with Gasteiger partial charge in [-0.2, -0.15) is 0 Å². The summed E-state index contributed by atoms with van der Waals surface area (Å²) in [6.45, 7) is 1.93. The molecular formula is C14H11NO. The number of aryl methyl sites for hydroxylation is 1. The van der Waals surface area contributed by atoms with E-state index in [1.165, 1.54) is 10.8 Å². The van der Waals surface area contributed by atoms with Crippen LogP contribution in [0.1, 0.15) is 5.69 Å². The molecule has 0 atom stereocenters. The summed E-state index contributed by atoms with van der Waals surface area (Å²) in [7, 11) is 0. The molecule has 2 heteroatoms. The Hall–Kier alpha value is -2.09. The maximum Gasteiger partial charge on any atom is 0.167 e. The molecule has 0 amide bonds. The number of hydrogen-bond donors (Lipinski definition) is 0. The van der Waals surface area contributed by atoms with Crippen molar-refractivity contribution in [2.75, 3.05) is 0 Å². The lowest BCUT2D eigenvalue weighted by Gasteiger charge is -2.02. The summed E-state index contributed by atoms with van der Waals surface area (Å²) in [6.07, 6.45) is 0. The largest absolute Gasteiger partial charge is 0.356 e. The van der Waals surface area contributed by atoms with Crippen molar-refractivity contribution in [2.45, 2.75) is 6.92 Å². The minimum Gasteiger partial charge on any atom is -0.356 e. The molecule has 0 unspecified atom stereocenters. The van der Waals surface area contributed by atoms with Crippen LogP contribution in [0.2, 0.25) is 0 Å². The first-order valence-electron chi connectivity index (χ1n) is 5.26. The molecule has 0 fully saturated rings. The molecule has 3 rings (SSSR count). The molecule has 0 radical (unpaired) electrons. The predicted molar refractivity (Wildman–Crippen MR) is 64.2 cm³/mol. The Morgan fingerprint density at radius 3 is 2.62 bits per heavy atom. The van der Waals surface area contributed by atoms with Crippen molar-refractivity contribution in [3.63, 3.8) is 0 Å². The zero-order valence-corrected chi connectivity index (χ0v) is 8.97. The fourth-order valence-corrected chi connectivity index (χ4v) is 1.93. The normalized spacial score (nSPS) is 10.8. The van der Waals surface area contributed by atoms with Gasteiger partial charge in [0.25, 0.3) is 0 Å². The molecule has 1 aromatic heterocycles. The number of fused-ring (bicyclic) bond motifs is 1. The van der Waals surface area contributed by atoms with E-state index in [1.54, 1.807) is 0 Å². The fraction of sp³-hybridized carbons (Fsp3) is 0.0714. The van der Waals surface area contributed by atoms with Gasteiger partial charge < -0.3 is 4.52 Å². The van der Waals surface area contributed by atoms with Gasteiger partial charge in [0.05, 0.1) is 5.69 Å². The fourth-order valence-electron chi connectivity index (χ4n) is 1.93. The molecule has 0 aliphatic heterocycles. The quantitative estimate of drug-likeness (QED) is 0.609. The van der Waals surface area contributed by atoms with Gasteiger partial charge in [0.15, 0.2) is 5.76 Å². The third-order valence-electron chi connectivity index (χ3n) is 2.68. The minimum absolute atomic E-state index is 0.828. The molecule has 78 valence electrons. The second-order valence-corrected chi connectivity index (χ2v) is 3.86. The summed E-state index contributed by atoms with van der Waals surface area (Å²) in [4.78, 5) is 0. The number of nitrogens with zero attached hydrogens (tertiary/aromatic N) is 1. The van der Waals surface area contributed by atoms with E-state index in [0.29, 0.717) is 0 Å². The first kappa shape index (κ1) is 9.16. The Morgan fingerprint density at radius 2 is 1.81 bits per heavy atom. The molecule has 2 nitrogen and oxygen atoms in total. The molecule has 16 heavy (non-hydrogen) atoms. The maximum atomic E-state index is 5.31. The van der Waals surface area contributed by atoms with E-state index in [-0.39, 0.29) is 0 Å². The van der Waals surface area contributed by atoms with E-state index < -0.39 is 0 Å². The SMILES string of the molecule is Cc1cc(-c2cccc3ccccc23)on1. The predicted octanol–water partition coefficient (Wildman–Crippen LogP) is 3.80. The molecule has 0 saturated carbocycles. The highest BCUT2D eigenvalue weighted by Gasteiger charge is 2.07. The molecule has 1 heterocycles. The summed E-state index contributed by atoms with van der Waals surface area (Å²) in [5.74, 6) is 0.828. The van der Waals surface area contributed by atoms with Gasteiger partial charge in [-0.15, -0.1) is 0 Å². The van der Waals surface area contributed by atoms with Crippen molar-refractivity contribution in [3.05, 3.63) is 54.2 Å². The van der Waals surface area contributed by atoms with Gasteiger partial charge in [-0.1, -0.05) is 47.6 Å². The van der Waals surface area contributed by atoms with Gasteiger partial charge in [0.2, 0.25) is 0 Å². The molecule has 0 spiro atoms. The molecule has 2 aromatic carbocycles. The first-order chi connectivity index (χ1) is 7.84. The van der Waals surface area contributed by atoms with Crippen LogP contribution in [0.15, 0.2) is 53.1 Å². The van der Waals surface area contributed by atoms with Crippen LogP contribution in [0.5, 0.6) is 0 Å². The second kappa shape index (κ2) is 3.49. The van der Waals surface area contributed by atoms with Crippen molar-refractivity contribution in [2.24, 2.45) is 0 Å².